The fraction of sp³-hybridized carbons (Fsp3) is 1.00. The van der Waals surface area contributed by atoms with Gasteiger partial charge in [-0.2, -0.15) is 0 Å². The van der Waals surface area contributed by atoms with Crippen LogP contribution in [-0.4, -0.2) is 11.2 Å². The number of hydrogen-bond donors (Lipinski definition) is 1. The zero-order valence-corrected chi connectivity index (χ0v) is 8.59. The molecule has 1 aliphatic rings. The molecule has 0 aromatic rings. The average Bonchev–Trinajstić information content (AvgIpc) is 2.04. The van der Waals surface area contributed by atoms with Crippen LogP contribution in [0.15, 0.2) is 0 Å². The van der Waals surface area contributed by atoms with Gasteiger partial charge in [-0.25, -0.2) is 0 Å². The SMILES string of the molecule is CC(C)C(C)C1CCCCC1O. The second-order valence-corrected chi connectivity index (χ2v) is 4.62. The molecule has 0 saturated heterocycles. The quantitative estimate of drug-likeness (QED) is 0.675. The van der Waals surface area contributed by atoms with Gasteiger partial charge in [0, 0.05) is 0 Å². The standard InChI is InChI=1S/C11H22O/c1-8(2)9(3)10-6-4-5-7-11(10)12/h8-12H,4-7H2,1-3H3. The molecule has 0 aromatic heterocycles. The molecule has 1 aliphatic carbocycles. The molecular weight excluding hydrogens is 148 g/mol. The maximum atomic E-state index is 9.79. The third kappa shape index (κ3) is 2.22. The Bertz CT molecular complexity index is 131. The summed E-state index contributed by atoms with van der Waals surface area (Å²) in [6.45, 7) is 6.79. The Hall–Kier alpha value is -0.0400. The molecule has 1 fully saturated rings. The van der Waals surface area contributed by atoms with Gasteiger partial charge < -0.3 is 5.11 Å². The van der Waals surface area contributed by atoms with E-state index < -0.39 is 0 Å². The summed E-state index contributed by atoms with van der Waals surface area (Å²) < 4.78 is 0. The zero-order valence-electron chi connectivity index (χ0n) is 8.59. The second kappa shape index (κ2) is 4.27. The molecule has 3 atom stereocenters. The average molecular weight is 170 g/mol. The first-order chi connectivity index (χ1) is 5.63. The molecule has 1 N–H and O–H groups in total. The maximum Gasteiger partial charge on any atom is 0.0571 e. The second-order valence-electron chi connectivity index (χ2n) is 4.62. The number of aliphatic hydroxyl groups excluding tert-OH is 1. The van der Waals surface area contributed by atoms with Crippen molar-refractivity contribution < 1.29 is 5.11 Å². The minimum atomic E-state index is -0.0175. The van der Waals surface area contributed by atoms with E-state index in [9.17, 15) is 5.11 Å². The van der Waals surface area contributed by atoms with E-state index in [0.717, 1.165) is 6.42 Å². The zero-order chi connectivity index (χ0) is 9.14. The fourth-order valence-electron chi connectivity index (χ4n) is 2.25. The van der Waals surface area contributed by atoms with Crippen molar-refractivity contribution in [1.82, 2.24) is 0 Å². The van der Waals surface area contributed by atoms with Gasteiger partial charge in [-0.05, 0) is 30.6 Å². The lowest BCUT2D eigenvalue weighted by molar-refractivity contribution is 0.0288. The lowest BCUT2D eigenvalue weighted by Crippen LogP contribution is -2.31. The topological polar surface area (TPSA) is 20.2 Å². The van der Waals surface area contributed by atoms with E-state index in [-0.39, 0.29) is 6.10 Å². The Morgan fingerprint density at radius 2 is 1.67 bits per heavy atom. The van der Waals surface area contributed by atoms with E-state index in [2.05, 4.69) is 20.8 Å². The monoisotopic (exact) mass is 170 g/mol. The van der Waals surface area contributed by atoms with Crippen LogP contribution in [0.1, 0.15) is 46.5 Å². The summed E-state index contributed by atoms with van der Waals surface area (Å²) in [6.07, 6.45) is 4.79. The molecule has 1 nitrogen and oxygen atoms in total. The van der Waals surface area contributed by atoms with Gasteiger partial charge in [0.2, 0.25) is 0 Å². The van der Waals surface area contributed by atoms with Crippen LogP contribution in [-0.2, 0) is 0 Å². The summed E-state index contributed by atoms with van der Waals surface area (Å²) in [5, 5.41) is 9.79. The predicted octanol–water partition coefficient (Wildman–Crippen LogP) is 2.83. The predicted molar refractivity (Wildman–Crippen MR) is 52.0 cm³/mol. The number of hydrogen-bond acceptors (Lipinski definition) is 1. The van der Waals surface area contributed by atoms with Crippen molar-refractivity contribution in [1.29, 1.82) is 0 Å². The van der Waals surface area contributed by atoms with Crippen molar-refractivity contribution in [2.24, 2.45) is 17.8 Å². The van der Waals surface area contributed by atoms with Crippen molar-refractivity contribution in [2.45, 2.75) is 52.6 Å². The van der Waals surface area contributed by atoms with Gasteiger partial charge in [0.25, 0.3) is 0 Å². The summed E-state index contributed by atoms with van der Waals surface area (Å²) >= 11 is 0. The molecule has 1 rings (SSSR count). The minimum absolute atomic E-state index is 0.0175. The third-order valence-electron chi connectivity index (χ3n) is 3.51. The van der Waals surface area contributed by atoms with Crippen LogP contribution in [0, 0.1) is 17.8 Å². The van der Waals surface area contributed by atoms with Crippen molar-refractivity contribution in [3.63, 3.8) is 0 Å². The van der Waals surface area contributed by atoms with E-state index >= 15 is 0 Å². The molecule has 1 saturated carbocycles. The lowest BCUT2D eigenvalue weighted by atomic mass is 9.74. The van der Waals surface area contributed by atoms with Crippen LogP contribution in [0.25, 0.3) is 0 Å². The van der Waals surface area contributed by atoms with E-state index in [1.165, 1.54) is 19.3 Å². The Labute approximate surface area is 76.2 Å². The Morgan fingerprint density at radius 1 is 1.08 bits per heavy atom. The fourth-order valence-corrected chi connectivity index (χ4v) is 2.25. The molecular formula is C11H22O. The van der Waals surface area contributed by atoms with E-state index in [1.807, 2.05) is 0 Å². The van der Waals surface area contributed by atoms with Crippen LogP contribution in [0.2, 0.25) is 0 Å². The van der Waals surface area contributed by atoms with Gasteiger partial charge in [0.1, 0.15) is 0 Å². The van der Waals surface area contributed by atoms with Crippen molar-refractivity contribution >= 4 is 0 Å². The van der Waals surface area contributed by atoms with Crippen molar-refractivity contribution in [3.05, 3.63) is 0 Å². The summed E-state index contributed by atoms with van der Waals surface area (Å²) in [5.74, 6) is 1.96. The largest absolute Gasteiger partial charge is 0.393 e. The van der Waals surface area contributed by atoms with Crippen molar-refractivity contribution in [3.8, 4) is 0 Å². The molecule has 3 unspecified atom stereocenters. The van der Waals surface area contributed by atoms with E-state index in [1.54, 1.807) is 0 Å². The normalized spacial score (nSPS) is 33.8. The maximum absolute atomic E-state index is 9.79. The molecule has 0 aliphatic heterocycles. The minimum Gasteiger partial charge on any atom is -0.393 e. The van der Waals surface area contributed by atoms with Crippen LogP contribution < -0.4 is 0 Å². The molecule has 0 spiro atoms. The molecule has 0 radical (unpaired) electrons. The number of aliphatic hydroxyl groups is 1. The molecule has 12 heavy (non-hydrogen) atoms. The van der Waals surface area contributed by atoms with Gasteiger partial charge in [0.15, 0.2) is 0 Å². The lowest BCUT2D eigenvalue weighted by Gasteiger charge is -2.34. The van der Waals surface area contributed by atoms with Crippen LogP contribution >= 0.6 is 0 Å². The molecule has 0 heterocycles. The summed E-state index contributed by atoms with van der Waals surface area (Å²) in [5.41, 5.74) is 0. The van der Waals surface area contributed by atoms with E-state index in [4.69, 9.17) is 0 Å². The summed E-state index contributed by atoms with van der Waals surface area (Å²) in [4.78, 5) is 0. The summed E-state index contributed by atoms with van der Waals surface area (Å²) in [7, 11) is 0. The van der Waals surface area contributed by atoms with Gasteiger partial charge in [-0.3, -0.25) is 0 Å². The van der Waals surface area contributed by atoms with Crippen LogP contribution in [0.5, 0.6) is 0 Å². The molecule has 72 valence electrons. The van der Waals surface area contributed by atoms with Gasteiger partial charge in [-0.15, -0.1) is 0 Å². The third-order valence-corrected chi connectivity index (χ3v) is 3.51. The summed E-state index contributed by atoms with van der Waals surface area (Å²) in [6, 6.07) is 0. The van der Waals surface area contributed by atoms with E-state index in [0.29, 0.717) is 17.8 Å². The molecule has 0 bridgehead atoms. The van der Waals surface area contributed by atoms with Gasteiger partial charge in [0.05, 0.1) is 6.10 Å². The van der Waals surface area contributed by atoms with Gasteiger partial charge >= 0.3 is 0 Å². The van der Waals surface area contributed by atoms with Crippen molar-refractivity contribution in [2.75, 3.05) is 0 Å². The molecule has 1 heteroatoms. The number of rotatable bonds is 2. The smallest absolute Gasteiger partial charge is 0.0571 e. The van der Waals surface area contributed by atoms with Crippen LogP contribution in [0.4, 0.5) is 0 Å². The Morgan fingerprint density at radius 3 is 2.17 bits per heavy atom. The highest BCUT2D eigenvalue weighted by atomic mass is 16.3. The Balaban J connectivity index is 2.47. The highest BCUT2D eigenvalue weighted by Gasteiger charge is 2.29. The molecule has 0 aromatic carbocycles. The Kier molecular flexibility index (Phi) is 3.57. The first-order valence-corrected chi connectivity index (χ1v) is 5.31. The highest BCUT2D eigenvalue weighted by molar-refractivity contribution is 4.79. The first kappa shape index (κ1) is 10.0. The van der Waals surface area contributed by atoms with Gasteiger partial charge in [-0.1, -0.05) is 33.6 Å². The molecule has 0 amide bonds. The highest BCUT2D eigenvalue weighted by Crippen LogP contribution is 2.33. The van der Waals surface area contributed by atoms with Crippen LogP contribution in [0.3, 0.4) is 0 Å². The first-order valence-electron chi connectivity index (χ1n) is 5.31.